The second-order valence-electron chi connectivity index (χ2n) is 6.98. The first kappa shape index (κ1) is 19.9. The summed E-state index contributed by atoms with van der Waals surface area (Å²) in [4.78, 5) is 18.0. The molecule has 8 heteroatoms. The van der Waals surface area contributed by atoms with Gasteiger partial charge in [-0.2, -0.15) is 0 Å². The number of thioether (sulfide) groups is 1. The number of ether oxygens (including phenoxy) is 2. The fraction of sp³-hybridized carbons (Fsp3) is 0.130. The van der Waals surface area contributed by atoms with Crippen LogP contribution in [0, 0.1) is 5.82 Å². The smallest absolute Gasteiger partial charge is 0.262 e. The van der Waals surface area contributed by atoms with Crippen LogP contribution in [0.1, 0.15) is 11.1 Å². The van der Waals surface area contributed by atoms with Crippen molar-refractivity contribution in [3.63, 3.8) is 0 Å². The first-order valence-corrected chi connectivity index (χ1v) is 10.9. The predicted molar refractivity (Wildman–Crippen MR) is 119 cm³/mol. The highest BCUT2D eigenvalue weighted by Crippen LogP contribution is 2.33. The number of para-hydroxylation sites is 1. The van der Waals surface area contributed by atoms with Gasteiger partial charge in [0.05, 0.1) is 17.4 Å². The molecule has 3 aromatic carbocycles. The molecule has 1 aromatic heterocycles. The van der Waals surface area contributed by atoms with Gasteiger partial charge in [0.1, 0.15) is 5.82 Å². The molecule has 1 aliphatic heterocycles. The Morgan fingerprint density at radius 2 is 1.90 bits per heavy atom. The normalized spacial score (nSPS) is 12.5. The van der Waals surface area contributed by atoms with Crippen molar-refractivity contribution in [2.45, 2.75) is 17.5 Å². The zero-order chi connectivity index (χ0) is 21.4. The summed E-state index contributed by atoms with van der Waals surface area (Å²) in [6, 6.07) is 17.3. The van der Waals surface area contributed by atoms with Gasteiger partial charge in [0, 0.05) is 16.3 Å². The van der Waals surface area contributed by atoms with Gasteiger partial charge in [-0.05, 0) is 42.0 Å². The molecular weight excluding hydrogens is 439 g/mol. The van der Waals surface area contributed by atoms with Crippen LogP contribution in [0.25, 0.3) is 10.9 Å². The summed E-state index contributed by atoms with van der Waals surface area (Å²) in [6.45, 7) is 0.474. The van der Waals surface area contributed by atoms with Crippen molar-refractivity contribution >= 4 is 34.3 Å². The van der Waals surface area contributed by atoms with E-state index in [4.69, 9.17) is 21.1 Å². The average Bonchev–Trinajstić information content (AvgIpc) is 3.24. The quantitative estimate of drug-likeness (QED) is 0.304. The van der Waals surface area contributed by atoms with Crippen LogP contribution in [0.2, 0.25) is 5.02 Å². The molecule has 0 N–H and O–H groups in total. The lowest BCUT2D eigenvalue weighted by Crippen LogP contribution is -2.24. The Labute approximate surface area is 186 Å². The largest absolute Gasteiger partial charge is 0.454 e. The Balaban J connectivity index is 1.55. The molecule has 0 saturated heterocycles. The van der Waals surface area contributed by atoms with Crippen LogP contribution in [0.3, 0.4) is 0 Å². The molecule has 0 unspecified atom stereocenters. The van der Waals surface area contributed by atoms with Crippen molar-refractivity contribution in [2.24, 2.45) is 0 Å². The molecule has 0 atom stereocenters. The standard InChI is InChI=1S/C23H16ClFN2O3S/c24-17-5-3-6-18(25)16(17)12-31-23-26-19-7-2-1-4-15(19)22(28)27(23)11-14-8-9-20-21(10-14)30-13-29-20/h1-10H,11-13H2. The van der Waals surface area contributed by atoms with Crippen molar-refractivity contribution in [1.82, 2.24) is 9.55 Å². The molecule has 31 heavy (non-hydrogen) atoms. The highest BCUT2D eigenvalue weighted by Gasteiger charge is 2.17. The first-order valence-electron chi connectivity index (χ1n) is 9.54. The van der Waals surface area contributed by atoms with Gasteiger partial charge in [0.2, 0.25) is 6.79 Å². The number of fused-ring (bicyclic) bond motifs is 2. The van der Waals surface area contributed by atoms with E-state index < -0.39 is 0 Å². The number of benzene rings is 3. The summed E-state index contributed by atoms with van der Waals surface area (Å²) in [7, 11) is 0. The van der Waals surface area contributed by atoms with E-state index in [2.05, 4.69) is 4.98 Å². The molecule has 0 bridgehead atoms. The SMILES string of the molecule is O=c1c2ccccc2nc(SCc2c(F)cccc2Cl)n1Cc1ccc2c(c1)OCO2. The lowest BCUT2D eigenvalue weighted by Gasteiger charge is -2.14. The van der Waals surface area contributed by atoms with Gasteiger partial charge >= 0.3 is 0 Å². The average molecular weight is 455 g/mol. The molecule has 5 nitrogen and oxygen atoms in total. The lowest BCUT2D eigenvalue weighted by atomic mass is 10.2. The van der Waals surface area contributed by atoms with Crippen LogP contribution >= 0.6 is 23.4 Å². The number of rotatable bonds is 5. The number of aromatic nitrogens is 2. The fourth-order valence-corrected chi connectivity index (χ4v) is 4.77. The predicted octanol–water partition coefficient (Wildman–Crippen LogP) is 5.26. The Hall–Kier alpha value is -3.03. The number of nitrogens with zero attached hydrogens (tertiary/aromatic N) is 2. The minimum absolute atomic E-state index is 0.162. The summed E-state index contributed by atoms with van der Waals surface area (Å²) in [5, 5.41) is 1.36. The molecule has 0 spiro atoms. The topological polar surface area (TPSA) is 53.4 Å². The molecule has 156 valence electrons. The van der Waals surface area contributed by atoms with Crippen molar-refractivity contribution in [3.8, 4) is 11.5 Å². The molecule has 0 fully saturated rings. The van der Waals surface area contributed by atoms with E-state index in [1.807, 2.05) is 30.3 Å². The Bertz CT molecular complexity index is 1340. The first-order chi connectivity index (χ1) is 15.1. The fourth-order valence-electron chi connectivity index (χ4n) is 3.43. The van der Waals surface area contributed by atoms with Crippen molar-refractivity contribution in [3.05, 3.63) is 93.0 Å². The van der Waals surface area contributed by atoms with Crippen molar-refractivity contribution in [1.29, 1.82) is 0 Å². The Morgan fingerprint density at radius 1 is 1.06 bits per heavy atom. The van der Waals surface area contributed by atoms with Gasteiger partial charge in [-0.15, -0.1) is 0 Å². The monoisotopic (exact) mass is 454 g/mol. The second kappa shape index (κ2) is 8.24. The zero-order valence-electron chi connectivity index (χ0n) is 16.2. The molecule has 4 aromatic rings. The van der Waals surface area contributed by atoms with Gasteiger partial charge in [-0.1, -0.05) is 47.6 Å². The minimum atomic E-state index is -0.384. The molecule has 0 amide bonds. The van der Waals surface area contributed by atoms with Crippen molar-refractivity contribution < 1.29 is 13.9 Å². The minimum Gasteiger partial charge on any atom is -0.454 e. The summed E-state index contributed by atoms with van der Waals surface area (Å²) in [6.07, 6.45) is 0. The summed E-state index contributed by atoms with van der Waals surface area (Å²) in [5.74, 6) is 1.19. The van der Waals surface area contributed by atoms with Crippen LogP contribution in [0.15, 0.2) is 70.6 Å². The highest BCUT2D eigenvalue weighted by atomic mass is 35.5. The van der Waals surface area contributed by atoms with E-state index in [0.717, 1.165) is 5.56 Å². The Morgan fingerprint density at radius 3 is 2.77 bits per heavy atom. The second-order valence-corrected chi connectivity index (χ2v) is 8.33. The maximum atomic E-state index is 14.2. The number of halogens is 2. The van der Waals surface area contributed by atoms with Gasteiger partial charge in [-0.25, -0.2) is 9.37 Å². The molecule has 0 saturated carbocycles. The number of hydrogen-bond acceptors (Lipinski definition) is 5. The lowest BCUT2D eigenvalue weighted by molar-refractivity contribution is 0.174. The van der Waals surface area contributed by atoms with E-state index >= 15 is 0 Å². The van der Waals surface area contributed by atoms with E-state index in [1.54, 1.807) is 28.8 Å². The third-order valence-electron chi connectivity index (χ3n) is 5.01. The van der Waals surface area contributed by atoms with Crippen LogP contribution in [-0.4, -0.2) is 16.3 Å². The molecule has 2 heterocycles. The molecule has 5 rings (SSSR count). The van der Waals surface area contributed by atoms with Crippen LogP contribution < -0.4 is 15.0 Å². The van der Waals surface area contributed by atoms with E-state index in [9.17, 15) is 9.18 Å². The molecule has 0 radical (unpaired) electrons. The highest BCUT2D eigenvalue weighted by molar-refractivity contribution is 7.98. The van der Waals surface area contributed by atoms with Gasteiger partial charge in [0.15, 0.2) is 16.7 Å². The van der Waals surface area contributed by atoms with E-state index in [-0.39, 0.29) is 23.9 Å². The zero-order valence-corrected chi connectivity index (χ0v) is 17.8. The molecule has 1 aliphatic rings. The van der Waals surface area contributed by atoms with Crippen LogP contribution in [0.4, 0.5) is 4.39 Å². The van der Waals surface area contributed by atoms with Crippen LogP contribution in [-0.2, 0) is 12.3 Å². The van der Waals surface area contributed by atoms with Gasteiger partial charge in [-0.3, -0.25) is 9.36 Å². The van der Waals surface area contributed by atoms with Gasteiger partial charge < -0.3 is 9.47 Å². The maximum absolute atomic E-state index is 14.2. The summed E-state index contributed by atoms with van der Waals surface area (Å²) >= 11 is 7.45. The van der Waals surface area contributed by atoms with Gasteiger partial charge in [0.25, 0.3) is 5.56 Å². The third-order valence-corrected chi connectivity index (χ3v) is 6.37. The Kier molecular flexibility index (Phi) is 5.29. The van der Waals surface area contributed by atoms with Crippen molar-refractivity contribution in [2.75, 3.05) is 6.79 Å². The van der Waals surface area contributed by atoms with E-state index in [1.165, 1.54) is 17.8 Å². The van der Waals surface area contributed by atoms with E-state index in [0.29, 0.717) is 44.7 Å². The number of hydrogen-bond donors (Lipinski definition) is 0. The molecule has 0 aliphatic carbocycles. The van der Waals surface area contributed by atoms with Crippen LogP contribution in [0.5, 0.6) is 11.5 Å². The molecular formula is C23H16ClFN2O3S. The third kappa shape index (κ3) is 3.86. The maximum Gasteiger partial charge on any atom is 0.262 e. The summed E-state index contributed by atoms with van der Waals surface area (Å²) in [5.41, 5.74) is 1.68. The summed E-state index contributed by atoms with van der Waals surface area (Å²) < 4.78 is 26.7.